The molecule has 0 saturated carbocycles. The van der Waals surface area contributed by atoms with E-state index >= 15 is 0 Å². The number of hydrogen-bond acceptors (Lipinski definition) is 6. The summed E-state index contributed by atoms with van der Waals surface area (Å²) in [7, 11) is 0. The highest BCUT2D eigenvalue weighted by atomic mass is 32.1. The molecule has 0 spiro atoms. The van der Waals surface area contributed by atoms with Gasteiger partial charge in [-0.15, -0.1) is 11.3 Å². The minimum absolute atomic E-state index is 0.0191. The summed E-state index contributed by atoms with van der Waals surface area (Å²) < 4.78 is 11.5. The van der Waals surface area contributed by atoms with Crippen molar-refractivity contribution in [3.63, 3.8) is 0 Å². The van der Waals surface area contributed by atoms with E-state index in [1.807, 2.05) is 40.7 Å². The second-order valence-corrected chi connectivity index (χ2v) is 7.22. The fourth-order valence-corrected chi connectivity index (χ4v) is 3.87. The molecule has 0 bridgehead atoms. The van der Waals surface area contributed by atoms with E-state index in [9.17, 15) is 4.79 Å². The van der Waals surface area contributed by atoms with E-state index < -0.39 is 6.10 Å². The molecule has 3 heterocycles. The molecule has 25 heavy (non-hydrogen) atoms. The second-order valence-electron chi connectivity index (χ2n) is 6.25. The minimum Gasteiger partial charge on any atom is -0.485 e. The number of ether oxygens (including phenoxy) is 2. The Morgan fingerprint density at radius 3 is 2.92 bits per heavy atom. The molecule has 1 atom stereocenters. The fraction of sp³-hybridized carbons (Fsp3) is 0.444. The molecule has 6 nitrogen and oxygen atoms in total. The lowest BCUT2D eigenvalue weighted by Gasteiger charge is -2.30. The summed E-state index contributed by atoms with van der Waals surface area (Å²) in [6, 6.07) is 7.49. The number of thiazole rings is 1. The van der Waals surface area contributed by atoms with E-state index in [1.54, 1.807) is 11.3 Å². The van der Waals surface area contributed by atoms with Gasteiger partial charge in [0.25, 0.3) is 5.91 Å². The molecule has 0 aliphatic carbocycles. The number of fused-ring (bicyclic) bond motifs is 1. The first kappa shape index (κ1) is 16.4. The van der Waals surface area contributed by atoms with Gasteiger partial charge in [0, 0.05) is 37.8 Å². The monoisotopic (exact) mass is 359 g/mol. The zero-order chi connectivity index (χ0) is 17.1. The van der Waals surface area contributed by atoms with E-state index in [0.717, 1.165) is 37.6 Å². The molecule has 1 fully saturated rings. The van der Waals surface area contributed by atoms with Crippen molar-refractivity contribution >= 4 is 17.2 Å². The molecule has 2 aromatic rings. The third-order valence-electron chi connectivity index (χ3n) is 4.53. The van der Waals surface area contributed by atoms with Crippen LogP contribution in [0.4, 0.5) is 0 Å². The van der Waals surface area contributed by atoms with Crippen molar-refractivity contribution in [2.75, 3.05) is 32.8 Å². The summed E-state index contributed by atoms with van der Waals surface area (Å²) in [5.74, 6) is 1.37. The zero-order valence-electron chi connectivity index (χ0n) is 14.0. The quantitative estimate of drug-likeness (QED) is 0.839. The van der Waals surface area contributed by atoms with Gasteiger partial charge in [0.05, 0.1) is 6.54 Å². The SMILES string of the molecule is O=C(C1COc2ccccc2O1)N1CCCN(Cc2nccs2)CC1. The van der Waals surface area contributed by atoms with Crippen molar-refractivity contribution in [1.82, 2.24) is 14.8 Å². The number of carbonyl (C=O) groups excluding carboxylic acids is 1. The number of aromatic nitrogens is 1. The predicted octanol–water partition coefficient (Wildman–Crippen LogP) is 2.02. The van der Waals surface area contributed by atoms with E-state index in [1.165, 1.54) is 0 Å². The Bertz CT molecular complexity index is 722. The fourth-order valence-electron chi connectivity index (χ4n) is 3.22. The maximum absolute atomic E-state index is 12.8. The van der Waals surface area contributed by atoms with Crippen molar-refractivity contribution in [3.8, 4) is 11.5 Å². The first-order valence-electron chi connectivity index (χ1n) is 8.57. The van der Waals surface area contributed by atoms with Gasteiger partial charge in [0.15, 0.2) is 11.5 Å². The van der Waals surface area contributed by atoms with Crippen LogP contribution in [0.25, 0.3) is 0 Å². The predicted molar refractivity (Wildman–Crippen MR) is 94.9 cm³/mol. The molecule has 1 unspecified atom stereocenters. The first-order valence-corrected chi connectivity index (χ1v) is 9.45. The Balaban J connectivity index is 1.35. The Labute approximate surface area is 151 Å². The molecule has 1 aromatic carbocycles. The Morgan fingerprint density at radius 2 is 2.08 bits per heavy atom. The lowest BCUT2D eigenvalue weighted by molar-refractivity contribution is -0.141. The van der Waals surface area contributed by atoms with Crippen LogP contribution in [0.1, 0.15) is 11.4 Å². The lowest BCUT2D eigenvalue weighted by atomic mass is 10.2. The molecule has 1 amide bonds. The third-order valence-corrected chi connectivity index (χ3v) is 5.29. The summed E-state index contributed by atoms with van der Waals surface area (Å²) in [5, 5.41) is 3.13. The molecule has 0 N–H and O–H groups in total. The van der Waals surface area contributed by atoms with Crippen LogP contribution >= 0.6 is 11.3 Å². The van der Waals surface area contributed by atoms with Crippen LogP contribution in [0.2, 0.25) is 0 Å². The summed E-state index contributed by atoms with van der Waals surface area (Å²) in [6.07, 6.45) is 2.24. The molecule has 7 heteroatoms. The van der Waals surface area contributed by atoms with Gasteiger partial charge >= 0.3 is 0 Å². The average Bonchev–Trinajstić information content (AvgIpc) is 3.05. The molecule has 2 aliphatic rings. The van der Waals surface area contributed by atoms with Crippen LogP contribution in [0.3, 0.4) is 0 Å². The van der Waals surface area contributed by atoms with Crippen molar-refractivity contribution in [2.24, 2.45) is 0 Å². The number of nitrogens with zero attached hydrogens (tertiary/aromatic N) is 3. The smallest absolute Gasteiger partial charge is 0.267 e. The highest BCUT2D eigenvalue weighted by Gasteiger charge is 2.31. The van der Waals surface area contributed by atoms with Crippen LogP contribution in [0, 0.1) is 0 Å². The summed E-state index contributed by atoms with van der Waals surface area (Å²) >= 11 is 1.68. The lowest BCUT2D eigenvalue weighted by Crippen LogP contribution is -2.47. The van der Waals surface area contributed by atoms with E-state index in [2.05, 4.69) is 9.88 Å². The normalized spacial score (nSPS) is 21.0. The van der Waals surface area contributed by atoms with Gasteiger partial charge in [-0.05, 0) is 18.6 Å². The molecule has 1 aromatic heterocycles. The molecular weight excluding hydrogens is 338 g/mol. The third kappa shape index (κ3) is 3.77. The Kier molecular flexibility index (Phi) is 4.85. The van der Waals surface area contributed by atoms with E-state index in [-0.39, 0.29) is 12.5 Å². The second kappa shape index (κ2) is 7.41. The van der Waals surface area contributed by atoms with Crippen molar-refractivity contribution in [2.45, 2.75) is 19.1 Å². The van der Waals surface area contributed by atoms with Crippen LogP contribution in [-0.2, 0) is 11.3 Å². The molecule has 1 saturated heterocycles. The molecule has 4 rings (SSSR count). The van der Waals surface area contributed by atoms with Gasteiger partial charge in [-0.1, -0.05) is 12.1 Å². The zero-order valence-corrected chi connectivity index (χ0v) is 14.8. The maximum atomic E-state index is 12.8. The first-order chi connectivity index (χ1) is 12.3. The summed E-state index contributed by atoms with van der Waals surface area (Å²) in [4.78, 5) is 21.4. The van der Waals surface area contributed by atoms with E-state index in [0.29, 0.717) is 18.0 Å². The van der Waals surface area contributed by atoms with Gasteiger partial charge < -0.3 is 14.4 Å². The number of hydrogen-bond donors (Lipinski definition) is 0. The largest absolute Gasteiger partial charge is 0.485 e. The Hall–Kier alpha value is -2.12. The van der Waals surface area contributed by atoms with Gasteiger partial charge in [0.1, 0.15) is 11.6 Å². The Morgan fingerprint density at radius 1 is 1.20 bits per heavy atom. The minimum atomic E-state index is -0.555. The van der Waals surface area contributed by atoms with Crippen molar-refractivity contribution < 1.29 is 14.3 Å². The summed E-state index contributed by atoms with van der Waals surface area (Å²) in [5.41, 5.74) is 0. The topological polar surface area (TPSA) is 54.9 Å². The molecule has 2 aliphatic heterocycles. The number of benzene rings is 1. The van der Waals surface area contributed by atoms with Gasteiger partial charge in [-0.25, -0.2) is 4.98 Å². The van der Waals surface area contributed by atoms with E-state index in [4.69, 9.17) is 9.47 Å². The number of para-hydroxylation sites is 2. The van der Waals surface area contributed by atoms with Crippen LogP contribution in [0.15, 0.2) is 35.8 Å². The molecular formula is C18H21N3O3S. The van der Waals surface area contributed by atoms with Crippen LogP contribution < -0.4 is 9.47 Å². The summed E-state index contributed by atoms with van der Waals surface area (Å²) in [6.45, 7) is 4.44. The van der Waals surface area contributed by atoms with Gasteiger partial charge in [0.2, 0.25) is 6.10 Å². The number of carbonyl (C=O) groups is 1. The van der Waals surface area contributed by atoms with Gasteiger partial charge in [-0.2, -0.15) is 0 Å². The molecule has 132 valence electrons. The van der Waals surface area contributed by atoms with Crippen molar-refractivity contribution in [3.05, 3.63) is 40.8 Å². The van der Waals surface area contributed by atoms with Crippen LogP contribution in [-0.4, -0.2) is 59.6 Å². The highest BCUT2D eigenvalue weighted by molar-refractivity contribution is 7.09. The van der Waals surface area contributed by atoms with Crippen LogP contribution in [0.5, 0.6) is 11.5 Å². The average molecular weight is 359 g/mol. The molecule has 0 radical (unpaired) electrons. The van der Waals surface area contributed by atoms with Crippen molar-refractivity contribution in [1.29, 1.82) is 0 Å². The maximum Gasteiger partial charge on any atom is 0.267 e. The highest BCUT2D eigenvalue weighted by Crippen LogP contribution is 2.31. The van der Waals surface area contributed by atoms with Gasteiger partial charge in [-0.3, -0.25) is 9.69 Å². The number of amides is 1. The number of rotatable bonds is 3. The standard InChI is InChI=1S/C18H21N3O3S/c22-18(16-13-23-14-4-1-2-5-15(14)24-16)21-8-3-7-20(9-10-21)12-17-19-6-11-25-17/h1-2,4-6,11,16H,3,7-10,12-13H2.